The Bertz CT molecular complexity index is 3110. The predicted octanol–water partition coefficient (Wildman–Crippen LogP) is 14.8. The minimum absolute atomic E-state index is 0.606. The molecular formula is C59H41N5. The Kier molecular flexibility index (Phi) is 10.8. The molecule has 0 aliphatic heterocycles. The first kappa shape index (κ1) is 39.5. The van der Waals surface area contributed by atoms with E-state index < -0.39 is 0 Å². The maximum absolute atomic E-state index is 10.0. The van der Waals surface area contributed by atoms with Gasteiger partial charge in [0.25, 0.3) is 0 Å². The first-order valence-corrected chi connectivity index (χ1v) is 21.4. The highest BCUT2D eigenvalue weighted by Crippen LogP contribution is 2.42. The lowest BCUT2D eigenvalue weighted by Gasteiger charge is -2.18. The van der Waals surface area contributed by atoms with Gasteiger partial charge in [-0.25, -0.2) is 19.9 Å². The number of aromatic nitrogens is 4. The summed E-state index contributed by atoms with van der Waals surface area (Å²) in [5.41, 5.74) is 18.5. The Hall–Kier alpha value is -8.59. The van der Waals surface area contributed by atoms with E-state index in [0.717, 1.165) is 101 Å². The van der Waals surface area contributed by atoms with E-state index in [2.05, 4.69) is 141 Å². The molecule has 0 bridgehead atoms. The van der Waals surface area contributed by atoms with E-state index in [1.807, 2.05) is 91.0 Å². The molecule has 0 amide bonds. The van der Waals surface area contributed by atoms with Crippen LogP contribution in [0.1, 0.15) is 16.7 Å². The van der Waals surface area contributed by atoms with Gasteiger partial charge in [0.2, 0.25) is 0 Å². The normalized spacial score (nSPS) is 11.0. The second kappa shape index (κ2) is 17.4. The molecule has 2 heterocycles. The minimum atomic E-state index is 0.606. The van der Waals surface area contributed by atoms with Gasteiger partial charge >= 0.3 is 0 Å². The van der Waals surface area contributed by atoms with Crippen molar-refractivity contribution in [1.82, 2.24) is 19.9 Å². The summed E-state index contributed by atoms with van der Waals surface area (Å²) < 4.78 is 0. The van der Waals surface area contributed by atoms with Gasteiger partial charge in [0.05, 0.1) is 34.4 Å². The van der Waals surface area contributed by atoms with Crippen LogP contribution < -0.4 is 0 Å². The molecule has 10 rings (SSSR count). The summed E-state index contributed by atoms with van der Waals surface area (Å²) in [5, 5.41) is 10.0. The fourth-order valence-electron chi connectivity index (χ4n) is 8.49. The van der Waals surface area contributed by atoms with Crippen LogP contribution in [0, 0.1) is 25.2 Å². The lowest BCUT2D eigenvalue weighted by atomic mass is 9.86. The highest BCUT2D eigenvalue weighted by molar-refractivity contribution is 5.95. The van der Waals surface area contributed by atoms with Gasteiger partial charge in [-0.1, -0.05) is 200 Å². The fraction of sp³-hybridized carbons (Fsp3) is 0.0339. The second-order valence-corrected chi connectivity index (χ2v) is 15.8. The summed E-state index contributed by atoms with van der Waals surface area (Å²) >= 11 is 0. The molecule has 5 heteroatoms. The lowest BCUT2D eigenvalue weighted by molar-refractivity contribution is 1.15. The highest BCUT2D eigenvalue weighted by Gasteiger charge is 2.20. The van der Waals surface area contributed by atoms with Crippen molar-refractivity contribution in [3.63, 3.8) is 0 Å². The molecule has 64 heavy (non-hydrogen) atoms. The van der Waals surface area contributed by atoms with Crippen molar-refractivity contribution in [2.75, 3.05) is 0 Å². The van der Waals surface area contributed by atoms with Crippen molar-refractivity contribution in [1.29, 1.82) is 5.26 Å². The third-order valence-corrected chi connectivity index (χ3v) is 11.7. The van der Waals surface area contributed by atoms with Gasteiger partial charge < -0.3 is 0 Å². The van der Waals surface area contributed by atoms with Gasteiger partial charge in [0.1, 0.15) is 0 Å². The average Bonchev–Trinajstić information content (AvgIpc) is 3.37. The zero-order valence-corrected chi connectivity index (χ0v) is 35.4. The quantitative estimate of drug-likeness (QED) is 0.145. The smallest absolute Gasteiger partial charge is 0.160 e. The molecule has 0 aliphatic carbocycles. The Morgan fingerprint density at radius 1 is 0.312 bits per heavy atom. The molecule has 5 nitrogen and oxygen atoms in total. The van der Waals surface area contributed by atoms with E-state index in [9.17, 15) is 5.26 Å². The largest absolute Gasteiger partial charge is 0.228 e. The first-order chi connectivity index (χ1) is 31.5. The molecular weight excluding hydrogens is 779 g/mol. The van der Waals surface area contributed by atoms with Gasteiger partial charge in [0.15, 0.2) is 11.6 Å². The summed E-state index contributed by atoms with van der Waals surface area (Å²) in [6, 6.07) is 74.9. The average molecular weight is 820 g/mol. The van der Waals surface area contributed by atoms with Crippen LogP contribution >= 0.6 is 0 Å². The molecule has 0 aliphatic rings. The van der Waals surface area contributed by atoms with Crippen molar-refractivity contribution in [3.8, 4) is 107 Å². The SMILES string of the molecule is Cc1c(-c2ccccc2)nc(-c2ccccc2)nc1-c1ccc(-c2cccc(-c3ccc(-c4nc(-c5ccccc5)nc(-c5ccccc5)c4C)cc3)c2-c2cccc(C#N)c2)cc1. The molecule has 10 aromatic rings. The van der Waals surface area contributed by atoms with Crippen molar-refractivity contribution < 1.29 is 0 Å². The van der Waals surface area contributed by atoms with Crippen LogP contribution in [0.5, 0.6) is 0 Å². The molecule has 0 fully saturated rings. The van der Waals surface area contributed by atoms with E-state index in [0.29, 0.717) is 17.2 Å². The third kappa shape index (κ3) is 7.77. The Labute approximate surface area is 373 Å². The van der Waals surface area contributed by atoms with E-state index in [-0.39, 0.29) is 0 Å². The number of rotatable bonds is 9. The molecule has 0 radical (unpaired) electrons. The number of nitriles is 1. The van der Waals surface area contributed by atoms with Crippen molar-refractivity contribution in [3.05, 3.63) is 229 Å². The van der Waals surface area contributed by atoms with E-state index in [1.54, 1.807) is 0 Å². The summed E-state index contributed by atoms with van der Waals surface area (Å²) in [5.74, 6) is 1.37. The van der Waals surface area contributed by atoms with Crippen molar-refractivity contribution in [2.24, 2.45) is 0 Å². The van der Waals surface area contributed by atoms with Crippen LogP contribution in [0.15, 0.2) is 212 Å². The zero-order valence-electron chi connectivity index (χ0n) is 35.4. The van der Waals surface area contributed by atoms with Crippen LogP contribution in [0.4, 0.5) is 0 Å². The highest BCUT2D eigenvalue weighted by atomic mass is 14.9. The minimum Gasteiger partial charge on any atom is -0.228 e. The van der Waals surface area contributed by atoms with Gasteiger partial charge in [-0.2, -0.15) is 5.26 Å². The number of nitrogens with zero attached hydrogens (tertiary/aromatic N) is 5. The topological polar surface area (TPSA) is 75.3 Å². The Morgan fingerprint density at radius 3 is 1.00 bits per heavy atom. The fourth-order valence-corrected chi connectivity index (χ4v) is 8.49. The maximum atomic E-state index is 10.0. The molecule has 0 unspecified atom stereocenters. The summed E-state index contributed by atoms with van der Waals surface area (Å²) in [7, 11) is 0. The van der Waals surface area contributed by atoms with Crippen LogP contribution in [0.2, 0.25) is 0 Å². The van der Waals surface area contributed by atoms with E-state index >= 15 is 0 Å². The number of benzene rings is 8. The summed E-state index contributed by atoms with van der Waals surface area (Å²) in [6.45, 7) is 4.21. The molecule has 0 saturated carbocycles. The Morgan fingerprint density at radius 2 is 0.625 bits per heavy atom. The maximum Gasteiger partial charge on any atom is 0.160 e. The molecule has 0 spiro atoms. The van der Waals surface area contributed by atoms with Crippen LogP contribution in [0.25, 0.3) is 101 Å². The van der Waals surface area contributed by atoms with Crippen LogP contribution in [0.3, 0.4) is 0 Å². The van der Waals surface area contributed by atoms with Crippen LogP contribution in [-0.4, -0.2) is 19.9 Å². The predicted molar refractivity (Wildman–Crippen MR) is 261 cm³/mol. The first-order valence-electron chi connectivity index (χ1n) is 21.4. The summed E-state index contributed by atoms with van der Waals surface area (Å²) in [6.07, 6.45) is 0. The van der Waals surface area contributed by atoms with Gasteiger partial charge in [-0.15, -0.1) is 0 Å². The Balaban J connectivity index is 1.07. The molecule has 0 atom stereocenters. The van der Waals surface area contributed by atoms with E-state index in [4.69, 9.17) is 19.9 Å². The van der Waals surface area contributed by atoms with Gasteiger partial charge in [-0.3, -0.25) is 0 Å². The van der Waals surface area contributed by atoms with Crippen molar-refractivity contribution in [2.45, 2.75) is 13.8 Å². The molecule has 2 aromatic heterocycles. The zero-order chi connectivity index (χ0) is 43.4. The van der Waals surface area contributed by atoms with Crippen LogP contribution in [-0.2, 0) is 0 Å². The monoisotopic (exact) mass is 819 g/mol. The second-order valence-electron chi connectivity index (χ2n) is 15.8. The number of hydrogen-bond acceptors (Lipinski definition) is 5. The molecule has 0 saturated heterocycles. The van der Waals surface area contributed by atoms with Gasteiger partial charge in [-0.05, 0) is 59.4 Å². The standard InChI is InChI=1S/C59H41N5/c1-39-54(44-18-7-3-8-19-44)61-58(48-22-11-5-12-23-48)63-56(39)46-33-29-42(30-34-46)51-27-16-28-52(53(51)50-26-15-17-41(37-50)38-60)43-31-35-47(36-32-43)57-40(2)55(45-20-9-4-10-21-45)62-59(64-57)49-24-13-6-14-25-49/h3-37H,1-2H3. The van der Waals surface area contributed by atoms with E-state index in [1.165, 1.54) is 0 Å². The molecule has 8 aromatic carbocycles. The van der Waals surface area contributed by atoms with Gasteiger partial charge in [0, 0.05) is 44.5 Å². The van der Waals surface area contributed by atoms with Crippen molar-refractivity contribution >= 4 is 0 Å². The summed E-state index contributed by atoms with van der Waals surface area (Å²) in [4.78, 5) is 20.5. The lowest BCUT2D eigenvalue weighted by Crippen LogP contribution is -2.00. The third-order valence-electron chi connectivity index (χ3n) is 11.7. The number of hydrogen-bond donors (Lipinski definition) is 0. The molecule has 0 N–H and O–H groups in total. The molecule has 302 valence electrons.